The largest absolute Gasteiger partial charge is 0.397 e. The van der Waals surface area contributed by atoms with Crippen LogP contribution in [0, 0.1) is 0 Å². The summed E-state index contributed by atoms with van der Waals surface area (Å²) in [6.07, 6.45) is 3.30. The number of nitrogen functional groups attached to an aromatic ring is 1. The lowest BCUT2D eigenvalue weighted by Crippen LogP contribution is -2.44. The van der Waals surface area contributed by atoms with Crippen LogP contribution in [0.5, 0.6) is 0 Å². The van der Waals surface area contributed by atoms with Gasteiger partial charge >= 0.3 is 0 Å². The first kappa shape index (κ1) is 14.3. The summed E-state index contributed by atoms with van der Waals surface area (Å²) < 4.78 is 0.848. The smallest absolute Gasteiger partial charge is 0.264 e. The third kappa shape index (κ3) is 2.72. The van der Waals surface area contributed by atoms with E-state index in [1.54, 1.807) is 25.4 Å². The van der Waals surface area contributed by atoms with Crippen molar-refractivity contribution in [3.63, 3.8) is 0 Å². The van der Waals surface area contributed by atoms with E-state index in [2.05, 4.69) is 15.6 Å². The van der Waals surface area contributed by atoms with Gasteiger partial charge in [-0.1, -0.05) is 0 Å². The van der Waals surface area contributed by atoms with E-state index in [1.165, 1.54) is 11.3 Å². The van der Waals surface area contributed by atoms with Crippen LogP contribution in [0.25, 0.3) is 10.1 Å². The predicted octanol–water partition coefficient (Wildman–Crippen LogP) is 1.13. The van der Waals surface area contributed by atoms with Gasteiger partial charge in [0.1, 0.15) is 10.9 Å². The lowest BCUT2D eigenvalue weighted by atomic mass is 10.2. The standard InChI is InChI=1S/C13H16N4O2S/c1-3-16-12(18)7(2)17-13(19)11-10(14)8-4-5-15-6-9(8)20-11/h4-7H,3,14H2,1-2H3,(H,16,18)(H,17,19). The van der Waals surface area contributed by atoms with E-state index in [1.807, 2.05) is 6.92 Å². The van der Waals surface area contributed by atoms with Crippen LogP contribution in [0.1, 0.15) is 23.5 Å². The maximum absolute atomic E-state index is 12.2. The van der Waals surface area contributed by atoms with E-state index < -0.39 is 6.04 Å². The number of carbonyl (C=O) groups is 2. The molecule has 2 rings (SSSR count). The van der Waals surface area contributed by atoms with Crippen molar-refractivity contribution >= 4 is 38.9 Å². The Morgan fingerprint density at radius 2 is 2.25 bits per heavy atom. The molecule has 106 valence electrons. The van der Waals surface area contributed by atoms with Crippen molar-refractivity contribution in [1.82, 2.24) is 15.6 Å². The Balaban J connectivity index is 2.19. The summed E-state index contributed by atoms with van der Waals surface area (Å²) in [5.74, 6) is -0.565. The number of hydrogen-bond acceptors (Lipinski definition) is 5. The third-order valence-corrected chi connectivity index (χ3v) is 3.98. The number of nitrogens with two attached hydrogens (primary N) is 1. The maximum Gasteiger partial charge on any atom is 0.264 e. The highest BCUT2D eigenvalue weighted by atomic mass is 32.1. The molecule has 0 aliphatic rings. The molecule has 6 nitrogen and oxygen atoms in total. The minimum atomic E-state index is -0.606. The highest BCUT2D eigenvalue weighted by Crippen LogP contribution is 2.32. The number of carbonyl (C=O) groups excluding carboxylic acids is 2. The van der Waals surface area contributed by atoms with Crippen LogP contribution in [0.3, 0.4) is 0 Å². The molecule has 0 saturated carbocycles. The molecule has 0 radical (unpaired) electrons. The second-order valence-electron chi connectivity index (χ2n) is 4.31. The minimum Gasteiger partial charge on any atom is -0.397 e. The van der Waals surface area contributed by atoms with Crippen molar-refractivity contribution in [1.29, 1.82) is 0 Å². The highest BCUT2D eigenvalue weighted by molar-refractivity contribution is 7.21. The Bertz CT molecular complexity index is 653. The second-order valence-corrected chi connectivity index (χ2v) is 5.36. The minimum absolute atomic E-state index is 0.220. The predicted molar refractivity (Wildman–Crippen MR) is 79.6 cm³/mol. The van der Waals surface area contributed by atoms with Gasteiger partial charge in [0.2, 0.25) is 5.91 Å². The van der Waals surface area contributed by atoms with Crippen LogP contribution in [-0.4, -0.2) is 29.4 Å². The molecule has 20 heavy (non-hydrogen) atoms. The van der Waals surface area contributed by atoms with Gasteiger partial charge in [-0.2, -0.15) is 0 Å². The lowest BCUT2D eigenvalue weighted by Gasteiger charge is -2.12. The Morgan fingerprint density at radius 3 is 2.90 bits per heavy atom. The van der Waals surface area contributed by atoms with Crippen LogP contribution < -0.4 is 16.4 Å². The molecule has 2 aromatic rings. The summed E-state index contributed by atoms with van der Waals surface area (Å²) in [4.78, 5) is 28.2. The van der Waals surface area contributed by atoms with Crippen LogP contribution in [-0.2, 0) is 4.79 Å². The van der Waals surface area contributed by atoms with E-state index >= 15 is 0 Å². The van der Waals surface area contributed by atoms with Crippen LogP contribution in [0.15, 0.2) is 18.5 Å². The number of hydrogen-bond donors (Lipinski definition) is 3. The Kier molecular flexibility index (Phi) is 4.19. The molecule has 2 amide bonds. The first-order valence-corrected chi connectivity index (χ1v) is 7.06. The Hall–Kier alpha value is -2.15. The molecule has 1 unspecified atom stereocenters. The summed E-state index contributed by atoms with van der Waals surface area (Å²) >= 11 is 1.27. The number of aromatic nitrogens is 1. The topological polar surface area (TPSA) is 97.1 Å². The molecule has 4 N–H and O–H groups in total. The van der Waals surface area contributed by atoms with Gasteiger partial charge in [0.15, 0.2) is 0 Å². The zero-order valence-corrected chi connectivity index (χ0v) is 12.1. The average molecular weight is 292 g/mol. The second kappa shape index (κ2) is 5.87. The van der Waals surface area contributed by atoms with Crippen LogP contribution >= 0.6 is 11.3 Å². The summed E-state index contributed by atoms with van der Waals surface area (Å²) in [7, 11) is 0. The number of pyridine rings is 1. The van der Waals surface area contributed by atoms with Crippen molar-refractivity contribution in [3.8, 4) is 0 Å². The molecule has 2 heterocycles. The van der Waals surface area contributed by atoms with Crippen molar-refractivity contribution in [3.05, 3.63) is 23.3 Å². The summed E-state index contributed by atoms with van der Waals surface area (Å²) in [6, 6.07) is 1.16. The molecule has 7 heteroatoms. The quantitative estimate of drug-likeness (QED) is 0.787. The van der Waals surface area contributed by atoms with E-state index in [9.17, 15) is 9.59 Å². The Labute approximate surface area is 120 Å². The number of nitrogens with zero attached hydrogens (tertiary/aromatic N) is 1. The summed E-state index contributed by atoms with van der Waals surface area (Å²) in [5.41, 5.74) is 6.40. The number of likely N-dealkylation sites (N-methyl/N-ethyl adjacent to an activating group) is 1. The number of nitrogens with one attached hydrogen (secondary N) is 2. The first-order chi connectivity index (χ1) is 9.54. The van der Waals surface area contributed by atoms with Crippen molar-refractivity contribution < 1.29 is 9.59 Å². The summed E-state index contributed by atoms with van der Waals surface area (Å²) in [6.45, 7) is 3.98. The fourth-order valence-electron chi connectivity index (χ4n) is 1.79. The lowest BCUT2D eigenvalue weighted by molar-refractivity contribution is -0.122. The molecule has 0 saturated heterocycles. The molecule has 2 aromatic heterocycles. The van der Waals surface area contributed by atoms with Gasteiger partial charge in [0, 0.05) is 24.3 Å². The normalized spacial score (nSPS) is 12.1. The van der Waals surface area contributed by atoms with Gasteiger partial charge in [-0.05, 0) is 19.9 Å². The molecule has 1 atom stereocenters. The first-order valence-electron chi connectivity index (χ1n) is 6.25. The fraction of sp³-hybridized carbons (Fsp3) is 0.308. The van der Waals surface area contributed by atoms with Gasteiger partial charge < -0.3 is 16.4 Å². The van der Waals surface area contributed by atoms with Crippen LogP contribution in [0.2, 0.25) is 0 Å². The molecular formula is C13H16N4O2S. The van der Waals surface area contributed by atoms with Crippen LogP contribution in [0.4, 0.5) is 5.69 Å². The zero-order valence-electron chi connectivity index (χ0n) is 11.3. The van der Waals surface area contributed by atoms with Crippen molar-refractivity contribution in [2.24, 2.45) is 0 Å². The zero-order chi connectivity index (χ0) is 14.7. The van der Waals surface area contributed by atoms with E-state index in [0.717, 1.165) is 10.1 Å². The van der Waals surface area contributed by atoms with Crippen molar-refractivity contribution in [2.45, 2.75) is 19.9 Å². The molecule has 0 spiro atoms. The molecule has 0 aromatic carbocycles. The van der Waals surface area contributed by atoms with Gasteiger partial charge in [0.05, 0.1) is 10.4 Å². The molecular weight excluding hydrogens is 276 g/mol. The molecule has 0 bridgehead atoms. The van der Waals surface area contributed by atoms with Crippen molar-refractivity contribution in [2.75, 3.05) is 12.3 Å². The SMILES string of the molecule is CCNC(=O)C(C)NC(=O)c1sc2cnccc2c1N. The number of thiophene rings is 1. The number of rotatable bonds is 4. The average Bonchev–Trinajstić information content (AvgIpc) is 2.77. The van der Waals surface area contributed by atoms with Gasteiger partial charge in [0.25, 0.3) is 5.91 Å². The highest BCUT2D eigenvalue weighted by Gasteiger charge is 2.20. The fourth-order valence-corrected chi connectivity index (χ4v) is 2.79. The maximum atomic E-state index is 12.2. The molecule has 0 fully saturated rings. The Morgan fingerprint density at radius 1 is 1.50 bits per heavy atom. The molecule has 0 aliphatic carbocycles. The third-order valence-electron chi connectivity index (χ3n) is 2.83. The van der Waals surface area contributed by atoms with Gasteiger partial charge in [-0.15, -0.1) is 11.3 Å². The number of anilines is 1. The van der Waals surface area contributed by atoms with E-state index in [4.69, 9.17) is 5.73 Å². The monoisotopic (exact) mass is 292 g/mol. The van der Waals surface area contributed by atoms with Gasteiger partial charge in [-0.3, -0.25) is 14.6 Å². The van der Waals surface area contributed by atoms with E-state index in [-0.39, 0.29) is 11.8 Å². The number of amides is 2. The van der Waals surface area contributed by atoms with E-state index in [0.29, 0.717) is 17.1 Å². The number of fused-ring (bicyclic) bond motifs is 1. The summed E-state index contributed by atoms with van der Waals surface area (Å²) in [5, 5.41) is 6.10. The van der Waals surface area contributed by atoms with Gasteiger partial charge in [-0.25, -0.2) is 0 Å². The molecule has 0 aliphatic heterocycles.